The molecule has 1 saturated heterocycles. The minimum atomic E-state index is -1.61. The van der Waals surface area contributed by atoms with Crippen LogP contribution in [0, 0.1) is 5.92 Å². The predicted molar refractivity (Wildman–Crippen MR) is 75.8 cm³/mol. The molecule has 1 aromatic carbocycles. The highest BCUT2D eigenvalue weighted by molar-refractivity contribution is 6.09. The fourth-order valence-corrected chi connectivity index (χ4v) is 2.50. The Hall–Kier alpha value is -2.24. The van der Waals surface area contributed by atoms with Crippen molar-refractivity contribution >= 4 is 17.6 Å². The van der Waals surface area contributed by atoms with Gasteiger partial charge in [0.2, 0.25) is 5.54 Å². The molecule has 1 heterocycles. The Morgan fingerprint density at radius 1 is 1.48 bits per heavy atom. The van der Waals surface area contributed by atoms with Crippen molar-refractivity contribution in [3.8, 4) is 5.75 Å². The third kappa shape index (κ3) is 2.53. The normalized spacial score (nSPS) is 24.5. The summed E-state index contributed by atoms with van der Waals surface area (Å²) in [5.41, 5.74) is -1.31. The Kier molecular flexibility index (Phi) is 4.35. The Morgan fingerprint density at radius 3 is 2.81 bits per heavy atom. The maximum absolute atomic E-state index is 12.4. The van der Waals surface area contributed by atoms with Gasteiger partial charge in [0.15, 0.2) is 0 Å². The third-order valence-electron chi connectivity index (χ3n) is 3.68. The van der Waals surface area contributed by atoms with Crippen LogP contribution in [0.2, 0.25) is 0 Å². The lowest BCUT2D eigenvalue weighted by atomic mass is 9.84. The minimum absolute atomic E-state index is 0.0456. The summed E-state index contributed by atoms with van der Waals surface area (Å²) < 4.78 is 10.1. The van der Waals surface area contributed by atoms with Crippen molar-refractivity contribution in [1.82, 2.24) is 0 Å². The fraction of sp³-hybridized carbons (Fsp3) is 0.467. The summed E-state index contributed by atoms with van der Waals surface area (Å²) in [6.07, 6.45) is 0.561. The first-order valence-electron chi connectivity index (χ1n) is 6.96. The number of aromatic hydroxyl groups is 1. The molecular weight excluding hydrogens is 274 g/mol. The number of nitrogens with one attached hydrogen (secondary N) is 1. The standard InChI is InChI=1S/C15H19NO5/c1-3-10-9-21-14(19)15(10,13(18)20-4-2)16-11-7-5-6-8-12(11)17/h5-8,10,16-17H,3-4,9H2,1-2H3/t10-,15+/m1/s1. The number of phenolic OH excluding ortho intramolecular Hbond substituents is 1. The van der Waals surface area contributed by atoms with Crippen LogP contribution in [-0.4, -0.2) is 35.8 Å². The molecule has 1 fully saturated rings. The molecule has 0 spiro atoms. The highest BCUT2D eigenvalue weighted by atomic mass is 16.6. The summed E-state index contributed by atoms with van der Waals surface area (Å²) >= 11 is 0. The largest absolute Gasteiger partial charge is 0.506 e. The maximum Gasteiger partial charge on any atom is 0.344 e. The molecule has 0 unspecified atom stereocenters. The van der Waals surface area contributed by atoms with E-state index in [1.807, 2.05) is 6.92 Å². The maximum atomic E-state index is 12.4. The summed E-state index contributed by atoms with van der Waals surface area (Å²) in [6.45, 7) is 3.85. The van der Waals surface area contributed by atoms with E-state index in [0.29, 0.717) is 12.1 Å². The number of hydrogen-bond acceptors (Lipinski definition) is 6. The van der Waals surface area contributed by atoms with Crippen molar-refractivity contribution in [3.05, 3.63) is 24.3 Å². The van der Waals surface area contributed by atoms with Gasteiger partial charge in [0, 0.05) is 5.92 Å². The van der Waals surface area contributed by atoms with Crippen molar-refractivity contribution in [2.75, 3.05) is 18.5 Å². The van der Waals surface area contributed by atoms with Crippen LogP contribution in [0.3, 0.4) is 0 Å². The summed E-state index contributed by atoms with van der Waals surface area (Å²) in [5, 5.41) is 12.7. The first-order valence-corrected chi connectivity index (χ1v) is 6.96. The van der Waals surface area contributed by atoms with E-state index in [2.05, 4.69) is 5.32 Å². The van der Waals surface area contributed by atoms with Crippen molar-refractivity contribution in [2.45, 2.75) is 25.8 Å². The topological polar surface area (TPSA) is 84.9 Å². The van der Waals surface area contributed by atoms with Crippen LogP contribution in [0.5, 0.6) is 5.75 Å². The fourth-order valence-electron chi connectivity index (χ4n) is 2.50. The van der Waals surface area contributed by atoms with Gasteiger partial charge < -0.3 is 19.9 Å². The molecule has 1 aliphatic rings. The first kappa shape index (κ1) is 15.2. The Labute approximate surface area is 123 Å². The van der Waals surface area contributed by atoms with Crippen LogP contribution in [0.1, 0.15) is 20.3 Å². The smallest absolute Gasteiger partial charge is 0.344 e. The summed E-state index contributed by atoms with van der Waals surface area (Å²) in [6, 6.07) is 6.42. The molecule has 0 radical (unpaired) electrons. The van der Waals surface area contributed by atoms with Gasteiger partial charge in [-0.05, 0) is 25.5 Å². The molecule has 0 aromatic heterocycles. The van der Waals surface area contributed by atoms with Gasteiger partial charge in [-0.3, -0.25) is 0 Å². The first-order chi connectivity index (χ1) is 10.1. The van der Waals surface area contributed by atoms with Gasteiger partial charge >= 0.3 is 11.9 Å². The van der Waals surface area contributed by atoms with Gasteiger partial charge in [-0.15, -0.1) is 0 Å². The molecule has 2 atom stereocenters. The van der Waals surface area contributed by atoms with Crippen LogP contribution in [0.25, 0.3) is 0 Å². The number of rotatable bonds is 5. The Balaban J connectivity index is 2.43. The average molecular weight is 293 g/mol. The molecule has 2 rings (SSSR count). The Bertz CT molecular complexity index is 545. The zero-order valence-corrected chi connectivity index (χ0v) is 12.1. The van der Waals surface area contributed by atoms with Crippen LogP contribution < -0.4 is 5.32 Å². The highest BCUT2D eigenvalue weighted by Gasteiger charge is 2.59. The summed E-state index contributed by atoms with van der Waals surface area (Å²) in [7, 11) is 0. The second kappa shape index (κ2) is 6.03. The van der Waals surface area contributed by atoms with E-state index in [4.69, 9.17) is 9.47 Å². The van der Waals surface area contributed by atoms with E-state index in [1.165, 1.54) is 6.07 Å². The molecule has 2 N–H and O–H groups in total. The quantitative estimate of drug-likeness (QED) is 0.488. The third-order valence-corrected chi connectivity index (χ3v) is 3.68. The monoisotopic (exact) mass is 293 g/mol. The highest BCUT2D eigenvalue weighted by Crippen LogP contribution is 2.36. The molecule has 6 nitrogen and oxygen atoms in total. The number of cyclic esters (lactones) is 1. The average Bonchev–Trinajstić information content (AvgIpc) is 2.79. The number of carbonyl (C=O) groups is 2. The SMILES string of the molecule is CCOC(=O)[C@]1(Nc2ccccc2O)C(=O)OC[C@H]1CC. The molecule has 6 heteroatoms. The number of anilines is 1. The number of phenols is 1. The lowest BCUT2D eigenvalue weighted by molar-refractivity contribution is -0.157. The van der Waals surface area contributed by atoms with Gasteiger partial charge in [-0.2, -0.15) is 0 Å². The molecule has 1 aliphatic heterocycles. The lowest BCUT2D eigenvalue weighted by Crippen LogP contribution is -2.56. The van der Waals surface area contributed by atoms with E-state index < -0.39 is 17.5 Å². The van der Waals surface area contributed by atoms with Crippen LogP contribution >= 0.6 is 0 Å². The molecule has 114 valence electrons. The van der Waals surface area contributed by atoms with E-state index in [-0.39, 0.29) is 24.9 Å². The number of benzene rings is 1. The predicted octanol–water partition coefficient (Wildman–Crippen LogP) is 1.69. The van der Waals surface area contributed by atoms with Crippen molar-refractivity contribution in [1.29, 1.82) is 0 Å². The van der Waals surface area contributed by atoms with Gasteiger partial charge in [-0.1, -0.05) is 19.1 Å². The van der Waals surface area contributed by atoms with Crippen LogP contribution in [0.4, 0.5) is 5.69 Å². The van der Waals surface area contributed by atoms with Gasteiger partial charge in [0.05, 0.1) is 18.9 Å². The van der Waals surface area contributed by atoms with Crippen LogP contribution in [-0.2, 0) is 19.1 Å². The zero-order valence-electron chi connectivity index (χ0n) is 12.1. The van der Waals surface area contributed by atoms with Gasteiger partial charge in [0.1, 0.15) is 5.75 Å². The summed E-state index contributed by atoms with van der Waals surface area (Å²) in [5.74, 6) is -1.75. The van der Waals surface area contributed by atoms with E-state index in [9.17, 15) is 14.7 Å². The van der Waals surface area contributed by atoms with Gasteiger partial charge in [0.25, 0.3) is 0 Å². The number of hydrogen-bond donors (Lipinski definition) is 2. The van der Waals surface area contributed by atoms with Crippen molar-refractivity contribution in [3.63, 3.8) is 0 Å². The van der Waals surface area contributed by atoms with E-state index in [0.717, 1.165) is 0 Å². The molecule has 0 aliphatic carbocycles. The molecular formula is C15H19NO5. The summed E-state index contributed by atoms with van der Waals surface area (Å²) in [4.78, 5) is 24.6. The number of carbonyl (C=O) groups excluding carboxylic acids is 2. The van der Waals surface area contributed by atoms with E-state index >= 15 is 0 Å². The van der Waals surface area contributed by atoms with Gasteiger partial charge in [-0.25, -0.2) is 9.59 Å². The molecule has 21 heavy (non-hydrogen) atoms. The Morgan fingerprint density at radius 2 is 2.19 bits per heavy atom. The molecule has 0 saturated carbocycles. The number of esters is 2. The van der Waals surface area contributed by atoms with Crippen molar-refractivity contribution in [2.24, 2.45) is 5.92 Å². The molecule has 0 amide bonds. The molecule has 0 bridgehead atoms. The number of para-hydroxylation sites is 2. The molecule has 1 aromatic rings. The minimum Gasteiger partial charge on any atom is -0.506 e. The second-order valence-corrected chi connectivity index (χ2v) is 4.87. The van der Waals surface area contributed by atoms with Crippen molar-refractivity contribution < 1.29 is 24.2 Å². The number of ether oxygens (including phenoxy) is 2. The lowest BCUT2D eigenvalue weighted by Gasteiger charge is -2.30. The second-order valence-electron chi connectivity index (χ2n) is 4.87. The van der Waals surface area contributed by atoms with E-state index in [1.54, 1.807) is 25.1 Å². The zero-order chi connectivity index (χ0) is 15.5. The van der Waals surface area contributed by atoms with Crippen LogP contribution in [0.15, 0.2) is 24.3 Å².